The van der Waals surface area contributed by atoms with Crippen LogP contribution < -0.4 is 0 Å². The molecule has 1 aromatic carbocycles. The van der Waals surface area contributed by atoms with E-state index in [0.717, 1.165) is 18.5 Å². The van der Waals surface area contributed by atoms with Gasteiger partial charge in [-0.25, -0.2) is 4.39 Å². The Kier molecular flexibility index (Phi) is 3.96. The Hall–Kier alpha value is -2.17. The molecule has 2 aromatic rings. The summed E-state index contributed by atoms with van der Waals surface area (Å²) in [5.74, 6) is 0.435. The average molecular weight is 302 g/mol. The zero-order chi connectivity index (χ0) is 15.7. The number of likely N-dealkylation sites (tertiary alicyclic amines) is 1. The van der Waals surface area contributed by atoms with Crippen molar-refractivity contribution in [2.75, 3.05) is 6.54 Å². The van der Waals surface area contributed by atoms with Crippen LogP contribution in [0.1, 0.15) is 60.5 Å². The molecule has 5 heteroatoms. The summed E-state index contributed by atoms with van der Waals surface area (Å²) in [6.07, 6.45) is 1.75. The van der Waals surface area contributed by atoms with Gasteiger partial charge in [-0.2, -0.15) is 0 Å². The minimum absolute atomic E-state index is 0.115. The topological polar surface area (TPSA) is 46.3 Å². The largest absolute Gasteiger partial charge is 0.359 e. The molecule has 1 amide bonds. The lowest BCUT2D eigenvalue weighted by Crippen LogP contribution is -2.30. The fourth-order valence-corrected chi connectivity index (χ4v) is 2.83. The molecule has 3 rings (SSSR count). The van der Waals surface area contributed by atoms with Crippen LogP contribution in [0.25, 0.3) is 0 Å². The van der Waals surface area contributed by atoms with Gasteiger partial charge in [0.2, 0.25) is 0 Å². The zero-order valence-electron chi connectivity index (χ0n) is 12.8. The van der Waals surface area contributed by atoms with Gasteiger partial charge < -0.3 is 9.42 Å². The lowest BCUT2D eigenvalue weighted by molar-refractivity contribution is 0.0714. The van der Waals surface area contributed by atoms with E-state index in [-0.39, 0.29) is 17.9 Å². The van der Waals surface area contributed by atoms with Gasteiger partial charge in [0.05, 0.1) is 11.7 Å². The number of amides is 1. The predicted octanol–water partition coefficient (Wildman–Crippen LogP) is 3.91. The Balaban J connectivity index is 1.84. The molecule has 2 heterocycles. The van der Waals surface area contributed by atoms with Crippen LogP contribution in [0.3, 0.4) is 0 Å². The maximum Gasteiger partial charge on any atom is 0.254 e. The van der Waals surface area contributed by atoms with Crippen LogP contribution >= 0.6 is 0 Å². The van der Waals surface area contributed by atoms with Crippen molar-refractivity contribution in [2.45, 2.75) is 38.6 Å². The molecule has 1 aliphatic heterocycles. The van der Waals surface area contributed by atoms with Crippen molar-refractivity contribution in [3.8, 4) is 0 Å². The number of halogens is 1. The minimum atomic E-state index is -0.400. The third-order valence-electron chi connectivity index (χ3n) is 4.05. The fraction of sp³-hybridized carbons (Fsp3) is 0.412. The molecule has 116 valence electrons. The van der Waals surface area contributed by atoms with Crippen molar-refractivity contribution >= 4 is 5.91 Å². The minimum Gasteiger partial charge on any atom is -0.359 e. The van der Waals surface area contributed by atoms with E-state index in [1.807, 2.05) is 19.9 Å². The third-order valence-corrected chi connectivity index (χ3v) is 4.05. The number of hydrogen-bond acceptors (Lipinski definition) is 3. The van der Waals surface area contributed by atoms with Gasteiger partial charge in [0.1, 0.15) is 5.82 Å². The van der Waals surface area contributed by atoms with E-state index in [4.69, 9.17) is 4.52 Å². The normalized spacial score (nSPS) is 18.2. The van der Waals surface area contributed by atoms with E-state index < -0.39 is 5.82 Å². The van der Waals surface area contributed by atoms with Crippen LogP contribution in [0, 0.1) is 5.82 Å². The molecule has 1 atom stereocenters. The molecule has 0 unspecified atom stereocenters. The molecule has 0 radical (unpaired) electrons. The van der Waals surface area contributed by atoms with Crippen LogP contribution in [-0.2, 0) is 0 Å². The van der Waals surface area contributed by atoms with Gasteiger partial charge in [-0.1, -0.05) is 25.1 Å². The van der Waals surface area contributed by atoms with E-state index in [1.54, 1.807) is 17.0 Å². The van der Waals surface area contributed by atoms with Gasteiger partial charge in [0, 0.05) is 18.2 Å². The maximum absolute atomic E-state index is 13.3. The summed E-state index contributed by atoms with van der Waals surface area (Å²) in [5.41, 5.74) is 1.26. The predicted molar refractivity (Wildman–Crippen MR) is 80.0 cm³/mol. The molecule has 0 saturated carbocycles. The second-order valence-electron chi connectivity index (χ2n) is 5.98. The van der Waals surface area contributed by atoms with Crippen molar-refractivity contribution < 1.29 is 13.7 Å². The Labute approximate surface area is 128 Å². The van der Waals surface area contributed by atoms with Crippen LogP contribution in [0.2, 0.25) is 0 Å². The van der Waals surface area contributed by atoms with Gasteiger partial charge in [-0.05, 0) is 37.0 Å². The molecule has 22 heavy (non-hydrogen) atoms. The van der Waals surface area contributed by atoms with E-state index in [2.05, 4.69) is 5.16 Å². The van der Waals surface area contributed by atoms with Crippen molar-refractivity contribution in [2.24, 2.45) is 0 Å². The van der Waals surface area contributed by atoms with E-state index in [9.17, 15) is 9.18 Å². The quantitative estimate of drug-likeness (QED) is 0.863. The summed E-state index contributed by atoms with van der Waals surface area (Å²) in [6.45, 7) is 4.75. The number of nitrogens with zero attached hydrogens (tertiary/aromatic N) is 2. The van der Waals surface area contributed by atoms with E-state index in [1.165, 1.54) is 12.1 Å². The molecule has 0 bridgehead atoms. The van der Waals surface area contributed by atoms with Gasteiger partial charge in [0.15, 0.2) is 5.76 Å². The highest BCUT2D eigenvalue weighted by molar-refractivity contribution is 5.94. The smallest absolute Gasteiger partial charge is 0.254 e. The molecule has 1 fully saturated rings. The van der Waals surface area contributed by atoms with E-state index >= 15 is 0 Å². The lowest BCUT2D eigenvalue weighted by atomic mass is 10.1. The van der Waals surface area contributed by atoms with Crippen LogP contribution in [0.5, 0.6) is 0 Å². The number of carbonyl (C=O) groups excluding carboxylic acids is 1. The highest BCUT2D eigenvalue weighted by Gasteiger charge is 2.33. The summed E-state index contributed by atoms with van der Waals surface area (Å²) < 4.78 is 18.8. The molecule has 0 aliphatic carbocycles. The van der Waals surface area contributed by atoms with Crippen LogP contribution in [0.4, 0.5) is 4.39 Å². The Morgan fingerprint density at radius 1 is 1.41 bits per heavy atom. The molecule has 1 aliphatic rings. The molecule has 0 spiro atoms. The first-order valence-electron chi connectivity index (χ1n) is 7.59. The average Bonchev–Trinajstić information content (AvgIpc) is 3.15. The Bertz CT molecular complexity index is 681. The first kappa shape index (κ1) is 14.8. The van der Waals surface area contributed by atoms with Gasteiger partial charge in [0.25, 0.3) is 5.91 Å². The standard InChI is InChI=1S/C17H19FN2O2/c1-11(2)14-10-16(22-19-14)15-7-4-8-20(15)17(21)12-5-3-6-13(18)9-12/h3,5-6,9-11,15H,4,7-8H2,1-2H3/t15-/m1/s1. The summed E-state index contributed by atoms with van der Waals surface area (Å²) in [7, 11) is 0. The summed E-state index contributed by atoms with van der Waals surface area (Å²) in [4.78, 5) is 14.4. The number of carbonyl (C=O) groups is 1. The van der Waals surface area contributed by atoms with Gasteiger partial charge in [-0.3, -0.25) is 4.79 Å². The number of rotatable bonds is 3. The molecule has 0 N–H and O–H groups in total. The van der Waals surface area contributed by atoms with Crippen LogP contribution in [-0.4, -0.2) is 22.5 Å². The maximum atomic E-state index is 13.3. The third kappa shape index (κ3) is 2.75. The second kappa shape index (κ2) is 5.91. The first-order valence-corrected chi connectivity index (χ1v) is 7.59. The van der Waals surface area contributed by atoms with E-state index in [0.29, 0.717) is 17.9 Å². The Morgan fingerprint density at radius 3 is 2.91 bits per heavy atom. The van der Waals surface area contributed by atoms with Crippen molar-refractivity contribution in [1.29, 1.82) is 0 Å². The fourth-order valence-electron chi connectivity index (χ4n) is 2.83. The molecular weight excluding hydrogens is 283 g/mol. The summed E-state index contributed by atoms with van der Waals surface area (Å²) in [6, 6.07) is 7.61. The zero-order valence-corrected chi connectivity index (χ0v) is 12.8. The second-order valence-corrected chi connectivity index (χ2v) is 5.98. The molecule has 1 saturated heterocycles. The van der Waals surface area contributed by atoms with Crippen molar-refractivity contribution in [3.05, 3.63) is 53.2 Å². The monoisotopic (exact) mass is 302 g/mol. The summed E-state index contributed by atoms with van der Waals surface area (Å²) in [5, 5.41) is 4.07. The van der Waals surface area contributed by atoms with Gasteiger partial charge >= 0.3 is 0 Å². The van der Waals surface area contributed by atoms with Gasteiger partial charge in [-0.15, -0.1) is 0 Å². The van der Waals surface area contributed by atoms with Crippen LogP contribution in [0.15, 0.2) is 34.9 Å². The molecule has 4 nitrogen and oxygen atoms in total. The highest BCUT2D eigenvalue weighted by Crippen LogP contribution is 2.34. The van der Waals surface area contributed by atoms with Crippen molar-refractivity contribution in [3.63, 3.8) is 0 Å². The summed E-state index contributed by atoms with van der Waals surface area (Å²) >= 11 is 0. The van der Waals surface area contributed by atoms with Crippen molar-refractivity contribution in [1.82, 2.24) is 10.1 Å². The number of aromatic nitrogens is 1. The Morgan fingerprint density at radius 2 is 2.23 bits per heavy atom. The molecular formula is C17H19FN2O2. The highest BCUT2D eigenvalue weighted by atomic mass is 19.1. The number of hydrogen-bond donors (Lipinski definition) is 0. The number of benzene rings is 1. The lowest BCUT2D eigenvalue weighted by Gasteiger charge is -2.22. The first-order chi connectivity index (χ1) is 10.6. The molecule has 1 aromatic heterocycles. The SMILES string of the molecule is CC(C)c1cc([C@H]2CCCN2C(=O)c2cccc(F)c2)on1.